The molecule has 0 saturated heterocycles. The zero-order chi connectivity index (χ0) is 22.9. The van der Waals surface area contributed by atoms with Crippen molar-refractivity contribution in [3.63, 3.8) is 0 Å². The molecule has 0 spiro atoms. The molecule has 0 atom stereocenters. The van der Waals surface area contributed by atoms with Crippen molar-refractivity contribution in [3.05, 3.63) is 48.0 Å². The lowest BCUT2D eigenvalue weighted by Crippen LogP contribution is -2.29. The van der Waals surface area contributed by atoms with Crippen molar-refractivity contribution < 1.29 is 9.53 Å². The Balaban J connectivity index is 2.05. The molecular weight excluding hydrogens is 400 g/mol. The van der Waals surface area contributed by atoms with Gasteiger partial charge in [-0.15, -0.1) is 0 Å². The van der Waals surface area contributed by atoms with Crippen molar-refractivity contribution in [2.45, 2.75) is 53.0 Å². The predicted molar refractivity (Wildman–Crippen MR) is 130 cm³/mol. The van der Waals surface area contributed by atoms with Crippen LogP contribution in [-0.2, 0) is 6.54 Å². The smallest absolute Gasteiger partial charge is 0.319 e. The number of aryl methyl sites for hydroxylation is 1. The second-order valence-corrected chi connectivity index (χ2v) is 7.77. The van der Waals surface area contributed by atoms with Crippen LogP contribution in [0.4, 0.5) is 10.5 Å². The summed E-state index contributed by atoms with van der Waals surface area (Å²) < 4.78 is 7.92. The van der Waals surface area contributed by atoms with Gasteiger partial charge in [0.1, 0.15) is 11.8 Å². The number of fused-ring (bicyclic) bond motifs is 1. The van der Waals surface area contributed by atoms with Crippen LogP contribution in [0.1, 0.15) is 52.0 Å². The molecular formula is C26H32N4O2. The van der Waals surface area contributed by atoms with Gasteiger partial charge in [0.2, 0.25) is 0 Å². The van der Waals surface area contributed by atoms with Crippen LogP contribution in [0.15, 0.2) is 42.5 Å². The van der Waals surface area contributed by atoms with Crippen molar-refractivity contribution in [1.82, 2.24) is 9.88 Å². The fourth-order valence-corrected chi connectivity index (χ4v) is 3.85. The SMILES string of the molecule is CCCCNC(=O)Nc1cccc(-c2c(C#N)c3ccc(OCC)cc3n2CCCC)c1. The van der Waals surface area contributed by atoms with Crippen LogP contribution in [0.2, 0.25) is 0 Å². The molecule has 3 rings (SSSR count). The molecule has 6 heteroatoms. The Labute approximate surface area is 190 Å². The van der Waals surface area contributed by atoms with Crippen molar-refractivity contribution in [2.75, 3.05) is 18.5 Å². The van der Waals surface area contributed by atoms with E-state index >= 15 is 0 Å². The first kappa shape index (κ1) is 23.2. The summed E-state index contributed by atoms with van der Waals surface area (Å²) in [6, 6.07) is 15.8. The average molecular weight is 433 g/mol. The maximum atomic E-state index is 12.2. The van der Waals surface area contributed by atoms with Gasteiger partial charge in [0.25, 0.3) is 0 Å². The number of hydrogen-bond donors (Lipinski definition) is 2. The molecule has 0 saturated carbocycles. The van der Waals surface area contributed by atoms with Gasteiger partial charge in [-0.25, -0.2) is 4.79 Å². The standard InChI is InChI=1S/C26H32N4O2/c1-4-7-14-28-26(31)29-20-11-9-10-19(16-20)25-23(18-27)22-13-12-21(32-6-3)17-24(22)30(25)15-8-5-2/h9-13,16-17H,4-8,14-15H2,1-3H3,(H2,28,29,31). The summed E-state index contributed by atoms with van der Waals surface area (Å²) in [4.78, 5) is 12.2. The molecule has 3 aromatic rings. The van der Waals surface area contributed by atoms with Crippen LogP contribution in [0, 0.1) is 11.3 Å². The van der Waals surface area contributed by atoms with E-state index < -0.39 is 0 Å². The van der Waals surface area contributed by atoms with Crippen LogP contribution in [0.25, 0.3) is 22.2 Å². The van der Waals surface area contributed by atoms with Gasteiger partial charge >= 0.3 is 6.03 Å². The summed E-state index contributed by atoms with van der Waals surface area (Å²) in [6.45, 7) is 8.24. The highest BCUT2D eigenvalue weighted by Gasteiger charge is 2.19. The van der Waals surface area contributed by atoms with Crippen molar-refractivity contribution in [2.24, 2.45) is 0 Å². The Morgan fingerprint density at radius 3 is 2.62 bits per heavy atom. The highest BCUT2D eigenvalue weighted by atomic mass is 16.5. The Bertz CT molecular complexity index is 1110. The third-order valence-electron chi connectivity index (χ3n) is 5.40. The summed E-state index contributed by atoms with van der Waals surface area (Å²) >= 11 is 0. The van der Waals surface area contributed by atoms with Gasteiger partial charge in [-0.1, -0.05) is 38.8 Å². The lowest BCUT2D eigenvalue weighted by Gasteiger charge is -2.13. The van der Waals surface area contributed by atoms with Crippen molar-refractivity contribution in [1.29, 1.82) is 5.26 Å². The Morgan fingerprint density at radius 2 is 1.91 bits per heavy atom. The number of aromatic nitrogens is 1. The number of amides is 2. The minimum absolute atomic E-state index is 0.219. The Morgan fingerprint density at radius 1 is 1.09 bits per heavy atom. The summed E-state index contributed by atoms with van der Waals surface area (Å²) in [5, 5.41) is 16.7. The zero-order valence-electron chi connectivity index (χ0n) is 19.2. The molecule has 1 heterocycles. The number of nitrogens with zero attached hydrogens (tertiary/aromatic N) is 2. The fraction of sp³-hybridized carbons (Fsp3) is 0.385. The molecule has 32 heavy (non-hydrogen) atoms. The van der Waals surface area contributed by atoms with E-state index in [0.29, 0.717) is 24.4 Å². The topological polar surface area (TPSA) is 79.1 Å². The van der Waals surface area contributed by atoms with Gasteiger partial charge in [-0.3, -0.25) is 0 Å². The largest absolute Gasteiger partial charge is 0.494 e. The molecule has 0 fully saturated rings. The third-order valence-corrected chi connectivity index (χ3v) is 5.40. The summed E-state index contributed by atoms with van der Waals surface area (Å²) in [5.74, 6) is 0.797. The molecule has 0 radical (unpaired) electrons. The second kappa shape index (κ2) is 11.2. The van der Waals surface area contributed by atoms with E-state index in [-0.39, 0.29) is 6.03 Å². The van der Waals surface area contributed by atoms with Crippen LogP contribution in [0.3, 0.4) is 0 Å². The molecule has 1 aromatic heterocycles. The van der Waals surface area contributed by atoms with Gasteiger partial charge in [0.05, 0.1) is 23.4 Å². The lowest BCUT2D eigenvalue weighted by molar-refractivity contribution is 0.252. The van der Waals surface area contributed by atoms with E-state index in [2.05, 4.69) is 35.1 Å². The summed E-state index contributed by atoms with van der Waals surface area (Å²) in [6.07, 6.45) is 4.02. The van der Waals surface area contributed by atoms with E-state index in [9.17, 15) is 10.1 Å². The number of hydrogen-bond acceptors (Lipinski definition) is 3. The number of ether oxygens (including phenoxy) is 1. The lowest BCUT2D eigenvalue weighted by atomic mass is 10.1. The second-order valence-electron chi connectivity index (χ2n) is 7.77. The molecule has 2 aromatic carbocycles. The van der Waals surface area contributed by atoms with Crippen molar-refractivity contribution >= 4 is 22.6 Å². The Kier molecular flexibility index (Phi) is 8.15. The molecule has 0 aliphatic heterocycles. The quantitative estimate of drug-likeness (QED) is 0.369. The van der Waals surface area contributed by atoms with E-state index in [1.54, 1.807) is 0 Å². The summed E-state index contributed by atoms with van der Waals surface area (Å²) in [7, 11) is 0. The molecule has 0 aliphatic rings. The highest BCUT2D eigenvalue weighted by molar-refractivity contribution is 5.96. The molecule has 2 N–H and O–H groups in total. The van der Waals surface area contributed by atoms with Gasteiger partial charge in [-0.2, -0.15) is 5.26 Å². The minimum Gasteiger partial charge on any atom is -0.494 e. The molecule has 2 amide bonds. The maximum absolute atomic E-state index is 12.2. The van der Waals surface area contributed by atoms with Crippen LogP contribution in [-0.4, -0.2) is 23.7 Å². The number of benzene rings is 2. The zero-order valence-corrected chi connectivity index (χ0v) is 19.2. The van der Waals surface area contributed by atoms with E-state index in [4.69, 9.17) is 4.74 Å². The van der Waals surface area contributed by atoms with Crippen LogP contribution < -0.4 is 15.4 Å². The average Bonchev–Trinajstić information content (AvgIpc) is 3.11. The first-order valence-electron chi connectivity index (χ1n) is 11.5. The highest BCUT2D eigenvalue weighted by Crippen LogP contribution is 2.36. The molecule has 0 aliphatic carbocycles. The summed E-state index contributed by atoms with van der Waals surface area (Å²) in [5.41, 5.74) is 4.11. The number of nitrogens with one attached hydrogen (secondary N) is 2. The van der Waals surface area contributed by atoms with E-state index in [0.717, 1.165) is 60.1 Å². The van der Waals surface area contributed by atoms with Gasteiger partial charge < -0.3 is 19.9 Å². The number of nitriles is 1. The number of rotatable bonds is 10. The molecule has 6 nitrogen and oxygen atoms in total. The van der Waals surface area contributed by atoms with Gasteiger partial charge in [0, 0.05) is 35.8 Å². The number of carbonyl (C=O) groups is 1. The van der Waals surface area contributed by atoms with Gasteiger partial charge in [0.15, 0.2) is 0 Å². The first-order chi connectivity index (χ1) is 15.6. The van der Waals surface area contributed by atoms with E-state index in [1.165, 1.54) is 0 Å². The van der Waals surface area contributed by atoms with Gasteiger partial charge in [-0.05, 0) is 44.0 Å². The number of anilines is 1. The monoisotopic (exact) mass is 432 g/mol. The predicted octanol–water partition coefficient (Wildman–Crippen LogP) is 6.30. The van der Waals surface area contributed by atoms with E-state index in [1.807, 2.05) is 49.4 Å². The molecule has 0 bridgehead atoms. The third kappa shape index (κ3) is 5.23. The molecule has 168 valence electrons. The first-order valence-corrected chi connectivity index (χ1v) is 11.5. The van der Waals surface area contributed by atoms with Crippen molar-refractivity contribution in [3.8, 4) is 23.1 Å². The number of urea groups is 1. The molecule has 0 unspecified atom stereocenters. The fourth-order valence-electron chi connectivity index (χ4n) is 3.85. The normalized spacial score (nSPS) is 10.7. The minimum atomic E-state index is -0.219. The van der Waals surface area contributed by atoms with Crippen LogP contribution in [0.5, 0.6) is 5.75 Å². The maximum Gasteiger partial charge on any atom is 0.319 e. The number of unbranched alkanes of at least 4 members (excludes halogenated alkanes) is 2. The number of carbonyl (C=O) groups excluding carboxylic acids is 1. The Hall–Kier alpha value is -3.46. The van der Waals surface area contributed by atoms with Crippen LogP contribution >= 0.6 is 0 Å².